The summed E-state index contributed by atoms with van der Waals surface area (Å²) < 4.78 is 10.7. The van der Waals surface area contributed by atoms with Crippen molar-refractivity contribution < 1.29 is 28.7 Å². The molecule has 9 heteroatoms. The molecule has 0 unspecified atom stereocenters. The highest BCUT2D eigenvalue weighted by atomic mass is 16.6. The highest BCUT2D eigenvalue weighted by Gasteiger charge is 2.35. The molecule has 1 saturated heterocycles. The number of rotatable bonds is 7. The van der Waals surface area contributed by atoms with Crippen LogP contribution < -0.4 is 5.43 Å². The van der Waals surface area contributed by atoms with Crippen LogP contribution in [0.4, 0.5) is 4.79 Å². The molecule has 170 valence electrons. The van der Waals surface area contributed by atoms with Crippen LogP contribution in [0.3, 0.4) is 0 Å². The van der Waals surface area contributed by atoms with E-state index in [1.807, 2.05) is 0 Å². The molecule has 0 radical (unpaired) electrons. The number of hydrogen-bond acceptors (Lipinski definition) is 6. The summed E-state index contributed by atoms with van der Waals surface area (Å²) >= 11 is 0. The molecule has 2 rings (SSSR count). The molecule has 3 amide bonds. The Hall–Kier alpha value is -2.16. The van der Waals surface area contributed by atoms with E-state index < -0.39 is 23.6 Å². The first kappa shape index (κ1) is 24.1. The number of hydrogen-bond donors (Lipinski definition) is 1. The number of aldehydes is 1. The van der Waals surface area contributed by atoms with Crippen molar-refractivity contribution in [3.8, 4) is 0 Å². The van der Waals surface area contributed by atoms with E-state index in [0.717, 1.165) is 17.9 Å². The standard InChI is InChI=1S/C21H35N3O6/c1-21(2,3)30-19(27)17(10-13-25)24(18(26)9-8-16-6-4-5-7-16)22-20(28)23-11-14-29-15-12-23/h13,16-17H,4-12,14-15H2,1-3H3,(H,22,28)/t17-/m0/s1. The molecule has 1 heterocycles. The topological polar surface area (TPSA) is 105 Å². The van der Waals surface area contributed by atoms with Gasteiger partial charge in [-0.15, -0.1) is 0 Å². The van der Waals surface area contributed by atoms with Crippen molar-refractivity contribution in [2.45, 2.75) is 77.4 Å². The Morgan fingerprint density at radius 1 is 1.20 bits per heavy atom. The molecular formula is C21H35N3O6. The quantitative estimate of drug-likeness (QED) is 0.380. The fourth-order valence-electron chi connectivity index (χ4n) is 3.77. The monoisotopic (exact) mass is 425 g/mol. The Morgan fingerprint density at radius 3 is 2.40 bits per heavy atom. The van der Waals surface area contributed by atoms with Crippen LogP contribution in [0.15, 0.2) is 0 Å². The zero-order valence-electron chi connectivity index (χ0n) is 18.4. The van der Waals surface area contributed by atoms with Crippen molar-refractivity contribution in [2.24, 2.45) is 5.92 Å². The maximum absolute atomic E-state index is 13.0. The molecule has 1 aliphatic heterocycles. The lowest BCUT2D eigenvalue weighted by atomic mass is 10.0. The predicted octanol–water partition coefficient (Wildman–Crippen LogP) is 2.04. The van der Waals surface area contributed by atoms with Crippen molar-refractivity contribution in [1.29, 1.82) is 0 Å². The van der Waals surface area contributed by atoms with Gasteiger partial charge in [0.05, 0.1) is 13.2 Å². The van der Waals surface area contributed by atoms with Gasteiger partial charge in [-0.05, 0) is 33.1 Å². The molecule has 9 nitrogen and oxygen atoms in total. The number of esters is 1. The minimum Gasteiger partial charge on any atom is -0.458 e. The number of nitrogens with zero attached hydrogens (tertiary/aromatic N) is 2. The van der Waals surface area contributed by atoms with Gasteiger partial charge in [0.2, 0.25) is 5.91 Å². The average Bonchev–Trinajstić information content (AvgIpc) is 3.21. The van der Waals surface area contributed by atoms with Crippen LogP contribution in [0, 0.1) is 5.92 Å². The number of carbonyl (C=O) groups is 4. The zero-order chi connectivity index (χ0) is 22.1. The molecule has 0 aromatic rings. The Balaban J connectivity index is 2.14. The molecule has 2 fully saturated rings. The number of nitrogens with one attached hydrogen (secondary N) is 1. The highest BCUT2D eigenvalue weighted by Crippen LogP contribution is 2.29. The summed E-state index contributed by atoms with van der Waals surface area (Å²) in [4.78, 5) is 51.3. The fourth-order valence-corrected chi connectivity index (χ4v) is 3.77. The van der Waals surface area contributed by atoms with Gasteiger partial charge in [0.15, 0.2) is 6.04 Å². The first-order valence-corrected chi connectivity index (χ1v) is 10.8. The lowest BCUT2D eigenvalue weighted by molar-refractivity contribution is -0.167. The molecule has 1 atom stereocenters. The van der Waals surface area contributed by atoms with Crippen LogP contribution in [0.5, 0.6) is 0 Å². The second-order valence-electron chi connectivity index (χ2n) is 8.92. The molecule has 0 aromatic carbocycles. The molecule has 1 saturated carbocycles. The number of carbonyl (C=O) groups excluding carboxylic acids is 4. The van der Waals surface area contributed by atoms with Gasteiger partial charge in [0.25, 0.3) is 0 Å². The minimum atomic E-state index is -1.21. The Kier molecular flexibility index (Phi) is 9.08. The molecule has 1 N–H and O–H groups in total. The lowest BCUT2D eigenvalue weighted by Crippen LogP contribution is -2.59. The van der Waals surface area contributed by atoms with Crippen molar-refractivity contribution in [2.75, 3.05) is 26.3 Å². The number of urea groups is 1. The summed E-state index contributed by atoms with van der Waals surface area (Å²) in [5.74, 6) is -0.621. The second-order valence-corrected chi connectivity index (χ2v) is 8.92. The number of morpholine rings is 1. The van der Waals surface area contributed by atoms with Crippen molar-refractivity contribution in [3.63, 3.8) is 0 Å². The van der Waals surface area contributed by atoms with Crippen LogP contribution in [-0.2, 0) is 23.9 Å². The van der Waals surface area contributed by atoms with Gasteiger partial charge < -0.3 is 19.2 Å². The largest absolute Gasteiger partial charge is 0.458 e. The van der Waals surface area contributed by atoms with Crippen LogP contribution in [-0.4, -0.2) is 72.0 Å². The van der Waals surface area contributed by atoms with Crippen molar-refractivity contribution in [1.82, 2.24) is 15.3 Å². The smallest absolute Gasteiger partial charge is 0.336 e. The zero-order valence-corrected chi connectivity index (χ0v) is 18.4. The minimum absolute atomic E-state index is 0.201. The second kappa shape index (κ2) is 11.3. The molecular weight excluding hydrogens is 390 g/mol. The molecule has 0 aromatic heterocycles. The number of hydrazine groups is 1. The van der Waals surface area contributed by atoms with Gasteiger partial charge in [0.1, 0.15) is 11.9 Å². The number of ether oxygens (including phenoxy) is 2. The van der Waals surface area contributed by atoms with E-state index in [9.17, 15) is 19.2 Å². The number of amides is 3. The SMILES string of the molecule is CC(C)(C)OC(=O)[C@H](CC=O)N(NC(=O)N1CCOCC1)C(=O)CCC1CCCC1. The van der Waals surface area contributed by atoms with Crippen LogP contribution in [0.25, 0.3) is 0 Å². The summed E-state index contributed by atoms with van der Waals surface area (Å²) in [6, 6.07) is -1.70. The van der Waals surface area contributed by atoms with Gasteiger partial charge in [-0.25, -0.2) is 20.0 Å². The van der Waals surface area contributed by atoms with E-state index in [1.54, 1.807) is 20.8 Å². The van der Waals surface area contributed by atoms with E-state index >= 15 is 0 Å². The van der Waals surface area contributed by atoms with E-state index in [-0.39, 0.29) is 18.7 Å². The lowest BCUT2D eigenvalue weighted by Gasteiger charge is -2.34. The third kappa shape index (κ3) is 7.59. The Bertz CT molecular complexity index is 606. The van der Waals surface area contributed by atoms with Gasteiger partial charge in [-0.3, -0.25) is 4.79 Å². The van der Waals surface area contributed by atoms with E-state index in [1.165, 1.54) is 17.7 Å². The summed E-state index contributed by atoms with van der Waals surface area (Å²) in [6.07, 6.45) is 5.73. The van der Waals surface area contributed by atoms with E-state index in [0.29, 0.717) is 44.9 Å². The van der Waals surface area contributed by atoms with Gasteiger partial charge in [0, 0.05) is 25.9 Å². The van der Waals surface area contributed by atoms with Gasteiger partial charge >= 0.3 is 12.0 Å². The van der Waals surface area contributed by atoms with Crippen molar-refractivity contribution in [3.05, 3.63) is 0 Å². The van der Waals surface area contributed by atoms with Gasteiger partial charge in [-0.2, -0.15) is 0 Å². The summed E-state index contributed by atoms with van der Waals surface area (Å²) in [6.45, 7) is 6.73. The Labute approximate surface area is 178 Å². The molecule has 0 spiro atoms. The average molecular weight is 426 g/mol. The van der Waals surface area contributed by atoms with Gasteiger partial charge in [-0.1, -0.05) is 25.7 Å². The first-order valence-electron chi connectivity index (χ1n) is 10.8. The highest BCUT2D eigenvalue weighted by molar-refractivity contribution is 5.88. The third-order valence-electron chi connectivity index (χ3n) is 5.33. The summed E-state index contributed by atoms with van der Waals surface area (Å²) in [5.41, 5.74) is 1.78. The maximum atomic E-state index is 13.0. The normalized spacial score (nSPS) is 18.6. The predicted molar refractivity (Wildman–Crippen MR) is 109 cm³/mol. The van der Waals surface area contributed by atoms with Crippen LogP contribution in [0.1, 0.15) is 65.7 Å². The third-order valence-corrected chi connectivity index (χ3v) is 5.33. The molecule has 0 bridgehead atoms. The molecule has 30 heavy (non-hydrogen) atoms. The maximum Gasteiger partial charge on any atom is 0.336 e. The molecule has 1 aliphatic carbocycles. The summed E-state index contributed by atoms with van der Waals surface area (Å²) in [7, 11) is 0. The van der Waals surface area contributed by atoms with Crippen molar-refractivity contribution >= 4 is 24.2 Å². The van der Waals surface area contributed by atoms with Crippen LogP contribution in [0.2, 0.25) is 0 Å². The van der Waals surface area contributed by atoms with E-state index in [2.05, 4.69) is 5.43 Å². The van der Waals surface area contributed by atoms with Crippen LogP contribution >= 0.6 is 0 Å². The Morgan fingerprint density at radius 2 is 1.83 bits per heavy atom. The molecule has 2 aliphatic rings. The summed E-state index contributed by atoms with van der Waals surface area (Å²) in [5, 5.41) is 1.01. The first-order chi connectivity index (χ1) is 14.2. The fraction of sp³-hybridized carbons (Fsp3) is 0.810. The van der Waals surface area contributed by atoms with E-state index in [4.69, 9.17) is 9.47 Å².